The van der Waals surface area contributed by atoms with Gasteiger partial charge >= 0.3 is 0 Å². The first-order chi connectivity index (χ1) is 11.5. The van der Waals surface area contributed by atoms with Gasteiger partial charge in [0.1, 0.15) is 17.4 Å². The minimum absolute atomic E-state index is 0.710. The Labute approximate surface area is 139 Å². The normalized spacial score (nSPS) is 13.4. The van der Waals surface area contributed by atoms with Gasteiger partial charge in [-0.1, -0.05) is 5.16 Å². The summed E-state index contributed by atoms with van der Waals surface area (Å²) in [7, 11) is 0. The van der Waals surface area contributed by atoms with Crippen LogP contribution in [-0.4, -0.2) is 25.1 Å². The average Bonchev–Trinajstić information content (AvgIpc) is 3.13. The van der Waals surface area contributed by atoms with E-state index in [2.05, 4.69) is 30.0 Å². The molecule has 0 aliphatic carbocycles. The maximum Gasteiger partial charge on any atom is 0.143 e. The first kappa shape index (κ1) is 14.7. The molecule has 3 aromatic rings. The molecule has 4 rings (SSSR count). The quantitative estimate of drug-likeness (QED) is 0.717. The van der Waals surface area contributed by atoms with Gasteiger partial charge < -0.3 is 9.42 Å². The number of rotatable bonds is 2. The fourth-order valence-electron chi connectivity index (χ4n) is 3.21. The maximum atomic E-state index is 5.32. The zero-order valence-electron chi connectivity index (χ0n) is 14.2. The van der Waals surface area contributed by atoms with Crippen LogP contribution in [0.5, 0.6) is 0 Å². The Morgan fingerprint density at radius 2 is 1.62 bits per heavy atom. The lowest BCUT2D eigenvalue weighted by molar-refractivity contribution is 0.393. The molecule has 3 aromatic heterocycles. The lowest BCUT2D eigenvalue weighted by Crippen LogP contribution is -2.19. The Balaban J connectivity index is 1.81. The van der Waals surface area contributed by atoms with Crippen LogP contribution in [0.2, 0.25) is 0 Å². The monoisotopic (exact) mass is 322 g/mol. The third-order valence-electron chi connectivity index (χ3n) is 4.34. The maximum absolute atomic E-state index is 5.32. The number of aromatic nitrogens is 5. The van der Waals surface area contributed by atoms with Crippen LogP contribution in [0.1, 0.15) is 34.2 Å². The van der Waals surface area contributed by atoms with Crippen LogP contribution in [0.25, 0.3) is 11.3 Å². The lowest BCUT2D eigenvalue weighted by Gasteiger charge is -2.20. The Morgan fingerprint density at radius 3 is 2.21 bits per heavy atom. The Morgan fingerprint density at radius 1 is 0.958 bits per heavy atom. The van der Waals surface area contributed by atoms with Crippen molar-refractivity contribution in [2.45, 2.75) is 40.8 Å². The Kier molecular flexibility index (Phi) is 3.30. The van der Waals surface area contributed by atoms with Gasteiger partial charge in [-0.3, -0.25) is 9.97 Å². The molecular weight excluding hydrogens is 304 g/mol. The highest BCUT2D eigenvalue weighted by Gasteiger charge is 2.26. The van der Waals surface area contributed by atoms with Crippen molar-refractivity contribution in [3.05, 3.63) is 46.6 Å². The molecule has 0 bridgehead atoms. The summed E-state index contributed by atoms with van der Waals surface area (Å²) in [5.41, 5.74) is 5.70. The van der Waals surface area contributed by atoms with Gasteiger partial charge in [-0.05, 0) is 27.7 Å². The van der Waals surface area contributed by atoms with Gasteiger partial charge in [0.05, 0.1) is 41.4 Å². The van der Waals surface area contributed by atoms with Crippen molar-refractivity contribution in [3.63, 3.8) is 0 Å². The molecule has 24 heavy (non-hydrogen) atoms. The average molecular weight is 322 g/mol. The van der Waals surface area contributed by atoms with Crippen molar-refractivity contribution in [2.75, 3.05) is 4.90 Å². The Hall–Kier alpha value is -2.83. The molecule has 0 atom stereocenters. The summed E-state index contributed by atoms with van der Waals surface area (Å²) >= 11 is 0. The molecule has 0 N–H and O–H groups in total. The van der Waals surface area contributed by atoms with Gasteiger partial charge in [-0.25, -0.2) is 9.97 Å². The van der Waals surface area contributed by atoms with Gasteiger partial charge in [0.15, 0.2) is 0 Å². The molecule has 0 radical (unpaired) electrons. The third kappa shape index (κ3) is 2.24. The van der Waals surface area contributed by atoms with E-state index in [0.29, 0.717) is 13.1 Å². The smallest absolute Gasteiger partial charge is 0.143 e. The fourth-order valence-corrected chi connectivity index (χ4v) is 3.21. The van der Waals surface area contributed by atoms with Crippen molar-refractivity contribution >= 4 is 5.82 Å². The minimum atomic E-state index is 0.710. The molecule has 0 amide bonds. The zero-order valence-corrected chi connectivity index (χ0v) is 14.2. The molecule has 7 nitrogen and oxygen atoms in total. The van der Waals surface area contributed by atoms with Gasteiger partial charge in [0.25, 0.3) is 0 Å². The van der Waals surface area contributed by atoms with Gasteiger partial charge in [0, 0.05) is 18.0 Å². The highest BCUT2D eigenvalue weighted by molar-refractivity contribution is 5.72. The molecule has 0 saturated heterocycles. The summed E-state index contributed by atoms with van der Waals surface area (Å²) in [5.74, 6) is 2.41. The molecule has 1 aliphatic rings. The van der Waals surface area contributed by atoms with E-state index in [1.165, 1.54) is 0 Å². The molecule has 0 fully saturated rings. The molecule has 0 spiro atoms. The van der Waals surface area contributed by atoms with Crippen LogP contribution in [0.4, 0.5) is 5.82 Å². The highest BCUT2D eigenvalue weighted by Crippen LogP contribution is 2.34. The number of hydrogen-bond donors (Lipinski definition) is 0. The van der Waals surface area contributed by atoms with E-state index < -0.39 is 0 Å². The standard InChI is InChI=1S/C17H18N6O/c1-9-16(15-10(2)22-24-11(15)3)20-12(4)21-17(9)23-7-13-14(8-23)19-6-5-18-13/h5-6H,7-8H2,1-4H3. The molecule has 7 heteroatoms. The van der Waals surface area contributed by atoms with E-state index in [0.717, 1.165) is 51.3 Å². The predicted octanol–water partition coefficient (Wildman–Crippen LogP) is 2.68. The largest absolute Gasteiger partial charge is 0.361 e. The van der Waals surface area contributed by atoms with E-state index >= 15 is 0 Å². The third-order valence-corrected chi connectivity index (χ3v) is 4.34. The summed E-state index contributed by atoms with van der Waals surface area (Å²) in [6.07, 6.45) is 3.46. The summed E-state index contributed by atoms with van der Waals surface area (Å²) in [5, 5.41) is 4.05. The SMILES string of the molecule is Cc1nc(-c2c(C)noc2C)c(C)c(N2Cc3nccnc3C2)n1. The second-order valence-corrected chi connectivity index (χ2v) is 6.07. The van der Waals surface area contributed by atoms with Gasteiger partial charge in [0.2, 0.25) is 0 Å². The molecule has 0 aromatic carbocycles. The summed E-state index contributed by atoms with van der Waals surface area (Å²) in [4.78, 5) is 20.3. The lowest BCUT2D eigenvalue weighted by atomic mass is 10.1. The van der Waals surface area contributed by atoms with Crippen molar-refractivity contribution in [3.8, 4) is 11.3 Å². The molecular formula is C17H18N6O. The van der Waals surface area contributed by atoms with Gasteiger partial charge in [-0.2, -0.15) is 0 Å². The number of fused-ring (bicyclic) bond motifs is 1. The van der Waals surface area contributed by atoms with Crippen LogP contribution in [-0.2, 0) is 13.1 Å². The van der Waals surface area contributed by atoms with Crippen LogP contribution >= 0.6 is 0 Å². The first-order valence-electron chi connectivity index (χ1n) is 7.86. The molecule has 1 aliphatic heterocycles. The van der Waals surface area contributed by atoms with Gasteiger partial charge in [-0.15, -0.1) is 0 Å². The minimum Gasteiger partial charge on any atom is -0.361 e. The number of nitrogens with zero attached hydrogens (tertiary/aromatic N) is 6. The van der Waals surface area contributed by atoms with Crippen LogP contribution in [0.3, 0.4) is 0 Å². The van der Waals surface area contributed by atoms with Crippen LogP contribution in [0, 0.1) is 27.7 Å². The second kappa shape index (κ2) is 5.36. The topological polar surface area (TPSA) is 80.8 Å². The van der Waals surface area contributed by atoms with Crippen molar-refractivity contribution in [1.29, 1.82) is 0 Å². The fraction of sp³-hybridized carbons (Fsp3) is 0.353. The summed E-state index contributed by atoms with van der Waals surface area (Å²) in [6.45, 7) is 9.21. The predicted molar refractivity (Wildman–Crippen MR) is 88.4 cm³/mol. The molecule has 122 valence electrons. The van der Waals surface area contributed by atoms with E-state index in [1.807, 2.05) is 27.7 Å². The van der Waals surface area contributed by atoms with Crippen LogP contribution < -0.4 is 4.90 Å². The number of aryl methyl sites for hydroxylation is 3. The van der Waals surface area contributed by atoms with Crippen molar-refractivity contribution in [1.82, 2.24) is 25.1 Å². The molecule has 4 heterocycles. The van der Waals surface area contributed by atoms with E-state index in [1.54, 1.807) is 12.4 Å². The van der Waals surface area contributed by atoms with Crippen LogP contribution in [0.15, 0.2) is 16.9 Å². The molecule has 0 unspecified atom stereocenters. The summed E-state index contributed by atoms with van der Waals surface area (Å²) in [6, 6.07) is 0. The molecule has 0 saturated carbocycles. The van der Waals surface area contributed by atoms with E-state index in [-0.39, 0.29) is 0 Å². The number of anilines is 1. The van der Waals surface area contributed by atoms with E-state index in [4.69, 9.17) is 4.52 Å². The van der Waals surface area contributed by atoms with Crippen molar-refractivity contribution < 1.29 is 4.52 Å². The Bertz CT molecular complexity index is 888. The second-order valence-electron chi connectivity index (χ2n) is 6.07. The number of hydrogen-bond acceptors (Lipinski definition) is 7. The zero-order chi connectivity index (χ0) is 16.8. The van der Waals surface area contributed by atoms with E-state index in [9.17, 15) is 0 Å². The van der Waals surface area contributed by atoms with Crippen molar-refractivity contribution in [2.24, 2.45) is 0 Å². The highest BCUT2D eigenvalue weighted by atomic mass is 16.5. The first-order valence-corrected chi connectivity index (χ1v) is 7.86. The summed E-state index contributed by atoms with van der Waals surface area (Å²) < 4.78 is 5.32.